The van der Waals surface area contributed by atoms with Crippen LogP contribution in [-0.2, 0) is 0 Å². The first kappa shape index (κ1) is 12.1. The Morgan fingerprint density at radius 1 is 1.29 bits per heavy atom. The van der Waals surface area contributed by atoms with Crippen LogP contribution in [0, 0.1) is 6.92 Å². The molecule has 4 nitrogen and oxygen atoms in total. The second kappa shape index (κ2) is 4.89. The highest BCUT2D eigenvalue weighted by molar-refractivity contribution is 9.10. The van der Waals surface area contributed by atoms with Gasteiger partial charge in [-0.2, -0.15) is 9.97 Å². The van der Waals surface area contributed by atoms with E-state index < -0.39 is 0 Å². The second-order valence-electron chi connectivity index (χ2n) is 3.41. The summed E-state index contributed by atoms with van der Waals surface area (Å²) in [5.74, 6) is 0.986. The van der Waals surface area contributed by atoms with Crippen LogP contribution in [0.2, 0.25) is 5.02 Å². The number of ether oxygens (including phenoxy) is 1. The summed E-state index contributed by atoms with van der Waals surface area (Å²) < 4.78 is 6.11. The fraction of sp³-hybridized carbons (Fsp3) is 0.0909. The number of benzene rings is 1. The van der Waals surface area contributed by atoms with E-state index in [1.807, 2.05) is 6.92 Å². The van der Waals surface area contributed by atoms with Gasteiger partial charge in [-0.1, -0.05) is 11.6 Å². The van der Waals surface area contributed by atoms with Crippen molar-refractivity contribution in [2.45, 2.75) is 6.92 Å². The molecule has 0 spiro atoms. The Kier molecular flexibility index (Phi) is 3.49. The Hall–Kier alpha value is -1.33. The van der Waals surface area contributed by atoms with Crippen molar-refractivity contribution in [2.75, 3.05) is 5.73 Å². The van der Waals surface area contributed by atoms with Crippen LogP contribution in [0.4, 0.5) is 5.82 Å². The molecule has 2 rings (SSSR count). The number of nitrogen functional groups attached to an aromatic ring is 1. The van der Waals surface area contributed by atoms with Gasteiger partial charge in [0.15, 0.2) is 0 Å². The molecule has 1 aromatic carbocycles. The van der Waals surface area contributed by atoms with Crippen LogP contribution >= 0.6 is 27.5 Å². The third-order valence-electron chi connectivity index (χ3n) is 2.03. The summed E-state index contributed by atoms with van der Waals surface area (Å²) in [6, 6.07) is 7.10. The van der Waals surface area contributed by atoms with Crippen LogP contribution in [0.25, 0.3) is 0 Å². The SMILES string of the molecule is Cc1cc(Cl)ccc1Oc1nc(N)cc(Br)n1. The van der Waals surface area contributed by atoms with Gasteiger partial charge in [0.25, 0.3) is 0 Å². The monoisotopic (exact) mass is 313 g/mol. The summed E-state index contributed by atoms with van der Waals surface area (Å²) in [6.07, 6.45) is 0. The van der Waals surface area contributed by atoms with E-state index in [9.17, 15) is 0 Å². The number of nitrogens with zero attached hydrogens (tertiary/aromatic N) is 2. The summed E-state index contributed by atoms with van der Waals surface area (Å²) in [6.45, 7) is 1.89. The molecule has 6 heteroatoms. The van der Waals surface area contributed by atoms with Gasteiger partial charge >= 0.3 is 6.01 Å². The predicted molar refractivity (Wildman–Crippen MR) is 70.4 cm³/mol. The lowest BCUT2D eigenvalue weighted by Crippen LogP contribution is -1.97. The first-order chi connectivity index (χ1) is 8.04. The van der Waals surface area contributed by atoms with Crippen LogP contribution in [0.5, 0.6) is 11.8 Å². The minimum atomic E-state index is 0.197. The summed E-state index contributed by atoms with van der Waals surface area (Å²) in [7, 11) is 0. The summed E-state index contributed by atoms with van der Waals surface area (Å²) in [4.78, 5) is 8.04. The Balaban J connectivity index is 2.31. The largest absolute Gasteiger partial charge is 0.424 e. The van der Waals surface area contributed by atoms with E-state index in [1.165, 1.54) is 0 Å². The van der Waals surface area contributed by atoms with Crippen LogP contribution in [0.3, 0.4) is 0 Å². The third-order valence-corrected chi connectivity index (χ3v) is 2.67. The fourth-order valence-corrected chi connectivity index (χ4v) is 1.90. The molecule has 0 atom stereocenters. The second-order valence-corrected chi connectivity index (χ2v) is 4.66. The molecule has 1 aromatic heterocycles. The molecular weight excluding hydrogens is 305 g/mol. The van der Waals surface area contributed by atoms with Crippen molar-refractivity contribution in [1.29, 1.82) is 0 Å². The van der Waals surface area contributed by atoms with Crippen molar-refractivity contribution in [3.05, 3.63) is 39.5 Å². The summed E-state index contributed by atoms with van der Waals surface area (Å²) in [5.41, 5.74) is 6.50. The van der Waals surface area contributed by atoms with E-state index in [0.29, 0.717) is 21.2 Å². The number of hydrogen-bond acceptors (Lipinski definition) is 4. The first-order valence-corrected chi connectivity index (χ1v) is 5.96. The van der Waals surface area contributed by atoms with E-state index in [-0.39, 0.29) is 6.01 Å². The Labute approximate surface area is 112 Å². The fourth-order valence-electron chi connectivity index (χ4n) is 1.28. The van der Waals surface area contributed by atoms with E-state index in [1.54, 1.807) is 24.3 Å². The molecule has 17 heavy (non-hydrogen) atoms. The normalized spacial score (nSPS) is 10.3. The van der Waals surface area contributed by atoms with Crippen LogP contribution in [-0.4, -0.2) is 9.97 Å². The molecule has 0 amide bonds. The molecule has 2 aromatic rings. The lowest BCUT2D eigenvalue weighted by molar-refractivity contribution is 0.438. The molecule has 0 radical (unpaired) electrons. The molecule has 0 aliphatic carbocycles. The molecular formula is C11H9BrClN3O. The molecule has 1 heterocycles. The maximum Gasteiger partial charge on any atom is 0.325 e. The van der Waals surface area contributed by atoms with Crippen molar-refractivity contribution in [3.8, 4) is 11.8 Å². The molecule has 0 aliphatic heterocycles. The van der Waals surface area contributed by atoms with Crippen LogP contribution in [0.15, 0.2) is 28.9 Å². The average Bonchev–Trinajstić information content (AvgIpc) is 2.21. The van der Waals surface area contributed by atoms with Crippen LogP contribution < -0.4 is 10.5 Å². The maximum absolute atomic E-state index is 5.86. The summed E-state index contributed by atoms with van der Waals surface area (Å²) in [5, 5.41) is 0.657. The Morgan fingerprint density at radius 3 is 2.71 bits per heavy atom. The lowest BCUT2D eigenvalue weighted by atomic mass is 10.2. The highest BCUT2D eigenvalue weighted by Gasteiger charge is 2.06. The number of anilines is 1. The molecule has 0 saturated carbocycles. The standard InChI is InChI=1S/C11H9BrClN3O/c1-6-4-7(13)2-3-8(6)17-11-15-9(12)5-10(14)16-11/h2-5H,1H3,(H2,14,15,16). The number of aryl methyl sites for hydroxylation is 1. The number of aromatic nitrogens is 2. The zero-order chi connectivity index (χ0) is 12.4. The molecule has 0 unspecified atom stereocenters. The van der Waals surface area contributed by atoms with Gasteiger partial charge in [0, 0.05) is 11.1 Å². The van der Waals surface area contributed by atoms with Gasteiger partial charge in [-0.25, -0.2) is 0 Å². The number of rotatable bonds is 2. The highest BCUT2D eigenvalue weighted by atomic mass is 79.9. The molecule has 0 aliphatic rings. The number of halogens is 2. The first-order valence-electron chi connectivity index (χ1n) is 4.78. The molecule has 0 fully saturated rings. The zero-order valence-corrected chi connectivity index (χ0v) is 11.3. The molecule has 0 saturated heterocycles. The highest BCUT2D eigenvalue weighted by Crippen LogP contribution is 2.26. The van der Waals surface area contributed by atoms with Gasteiger partial charge in [0.05, 0.1) is 0 Å². The van der Waals surface area contributed by atoms with E-state index in [0.717, 1.165) is 5.56 Å². The van der Waals surface area contributed by atoms with Gasteiger partial charge in [-0.05, 0) is 46.6 Å². The maximum atomic E-state index is 5.86. The smallest absolute Gasteiger partial charge is 0.325 e. The van der Waals surface area contributed by atoms with Crippen molar-refractivity contribution in [1.82, 2.24) is 9.97 Å². The molecule has 0 bridgehead atoms. The van der Waals surface area contributed by atoms with Crippen molar-refractivity contribution < 1.29 is 4.74 Å². The van der Waals surface area contributed by atoms with Crippen molar-refractivity contribution in [2.24, 2.45) is 0 Å². The third kappa shape index (κ3) is 3.08. The van der Waals surface area contributed by atoms with E-state index in [4.69, 9.17) is 22.1 Å². The van der Waals surface area contributed by atoms with Gasteiger partial charge in [0.1, 0.15) is 16.2 Å². The summed E-state index contributed by atoms with van der Waals surface area (Å²) >= 11 is 9.08. The van der Waals surface area contributed by atoms with Crippen molar-refractivity contribution >= 4 is 33.3 Å². The van der Waals surface area contributed by atoms with Gasteiger partial charge < -0.3 is 10.5 Å². The minimum Gasteiger partial charge on any atom is -0.424 e. The van der Waals surface area contributed by atoms with Crippen molar-refractivity contribution in [3.63, 3.8) is 0 Å². The average molecular weight is 315 g/mol. The van der Waals surface area contributed by atoms with Gasteiger partial charge in [-0.3, -0.25) is 0 Å². The lowest BCUT2D eigenvalue weighted by Gasteiger charge is -2.07. The van der Waals surface area contributed by atoms with Crippen LogP contribution in [0.1, 0.15) is 5.56 Å². The molecule has 88 valence electrons. The van der Waals surface area contributed by atoms with E-state index >= 15 is 0 Å². The number of nitrogens with two attached hydrogens (primary N) is 1. The minimum absolute atomic E-state index is 0.197. The van der Waals surface area contributed by atoms with Gasteiger partial charge in [0.2, 0.25) is 0 Å². The Morgan fingerprint density at radius 2 is 2.06 bits per heavy atom. The number of hydrogen-bond donors (Lipinski definition) is 1. The van der Waals surface area contributed by atoms with E-state index in [2.05, 4.69) is 25.9 Å². The topological polar surface area (TPSA) is 61.0 Å². The quantitative estimate of drug-likeness (QED) is 0.861. The zero-order valence-electron chi connectivity index (χ0n) is 8.95. The van der Waals surface area contributed by atoms with Gasteiger partial charge in [-0.15, -0.1) is 0 Å². The molecule has 2 N–H and O–H groups in total. The predicted octanol–water partition coefficient (Wildman–Crippen LogP) is 3.58. The Bertz CT molecular complexity index is 542.